The number of carboxylic acids is 1. The van der Waals surface area contributed by atoms with Crippen molar-refractivity contribution >= 4 is 23.6 Å². The van der Waals surface area contributed by atoms with E-state index in [2.05, 4.69) is 10.2 Å². The minimum Gasteiger partial charge on any atom is -0.480 e. The molecule has 98 valence electrons. The van der Waals surface area contributed by atoms with Crippen molar-refractivity contribution in [2.24, 2.45) is 0 Å². The first-order valence-electron chi connectivity index (χ1n) is 5.62. The third-order valence-electron chi connectivity index (χ3n) is 3.08. The van der Waals surface area contributed by atoms with Crippen LogP contribution in [0.15, 0.2) is 0 Å². The van der Waals surface area contributed by atoms with Gasteiger partial charge in [0.25, 0.3) is 5.91 Å². The number of aromatic nitrogens is 2. The van der Waals surface area contributed by atoms with Crippen LogP contribution in [0.3, 0.4) is 0 Å². The average molecular weight is 269 g/mol. The van der Waals surface area contributed by atoms with Crippen LogP contribution in [0.2, 0.25) is 0 Å². The van der Waals surface area contributed by atoms with Crippen LogP contribution in [-0.2, 0) is 4.79 Å². The first-order chi connectivity index (χ1) is 8.43. The number of H-pyrrole nitrogens is 1. The summed E-state index contributed by atoms with van der Waals surface area (Å²) in [5, 5.41) is 15.7. The molecule has 1 aliphatic heterocycles. The number of aromatic amines is 1. The molecule has 0 bridgehead atoms. The number of amides is 1. The number of rotatable bonds is 2. The number of nitrogens with one attached hydrogen (secondary N) is 1. The Morgan fingerprint density at radius 3 is 2.67 bits per heavy atom. The summed E-state index contributed by atoms with van der Waals surface area (Å²) in [6.45, 7) is 5.34. The van der Waals surface area contributed by atoms with Gasteiger partial charge in [0.2, 0.25) is 0 Å². The fraction of sp³-hybridized carbons (Fsp3) is 0.545. The molecule has 1 aliphatic rings. The first-order valence-corrected chi connectivity index (χ1v) is 6.67. The molecule has 0 spiro atoms. The van der Waals surface area contributed by atoms with E-state index in [4.69, 9.17) is 5.11 Å². The van der Waals surface area contributed by atoms with Crippen LogP contribution < -0.4 is 0 Å². The second kappa shape index (κ2) is 4.64. The van der Waals surface area contributed by atoms with Crippen molar-refractivity contribution < 1.29 is 14.7 Å². The standard InChI is InChI=1S/C11H15N3O3S/c1-5-9(6(2)13-12-5)10(15)14-7(3)18-4-8(14)11(16)17/h7-8H,4H2,1-3H3,(H,12,13)(H,16,17). The highest BCUT2D eigenvalue weighted by Crippen LogP contribution is 2.31. The van der Waals surface area contributed by atoms with Gasteiger partial charge in [0.15, 0.2) is 0 Å². The predicted octanol–water partition coefficient (Wildman–Crippen LogP) is 1.01. The fourth-order valence-electron chi connectivity index (χ4n) is 2.14. The van der Waals surface area contributed by atoms with Crippen molar-refractivity contribution in [2.45, 2.75) is 32.2 Å². The largest absolute Gasteiger partial charge is 0.480 e. The molecular formula is C11H15N3O3S. The lowest BCUT2D eigenvalue weighted by atomic mass is 10.1. The van der Waals surface area contributed by atoms with Gasteiger partial charge in [-0.1, -0.05) is 0 Å². The van der Waals surface area contributed by atoms with Crippen LogP contribution >= 0.6 is 11.8 Å². The Labute approximate surface area is 109 Å². The molecule has 0 aliphatic carbocycles. The fourth-order valence-corrected chi connectivity index (χ4v) is 3.30. The van der Waals surface area contributed by atoms with Crippen LogP contribution in [0, 0.1) is 13.8 Å². The van der Waals surface area contributed by atoms with Crippen LogP contribution in [0.25, 0.3) is 0 Å². The normalized spacial score (nSPS) is 23.4. The van der Waals surface area contributed by atoms with Gasteiger partial charge in [0, 0.05) is 11.4 Å². The zero-order chi connectivity index (χ0) is 13.4. The summed E-state index contributed by atoms with van der Waals surface area (Å²) >= 11 is 1.47. The summed E-state index contributed by atoms with van der Waals surface area (Å²) in [5.74, 6) is -0.791. The molecule has 0 aromatic carbocycles. The number of carbonyl (C=O) groups is 2. The van der Waals surface area contributed by atoms with E-state index < -0.39 is 12.0 Å². The third kappa shape index (κ3) is 1.98. The smallest absolute Gasteiger partial charge is 0.327 e. The molecule has 1 saturated heterocycles. The van der Waals surface area contributed by atoms with Crippen molar-refractivity contribution in [1.29, 1.82) is 0 Å². The monoisotopic (exact) mass is 269 g/mol. The predicted molar refractivity (Wildman–Crippen MR) is 67.6 cm³/mol. The number of aliphatic carboxylic acids is 1. The Kier molecular flexibility index (Phi) is 3.34. The molecule has 2 heterocycles. The molecule has 0 radical (unpaired) electrons. The molecule has 1 fully saturated rings. The SMILES string of the molecule is Cc1n[nH]c(C)c1C(=O)N1C(C)SCC1C(=O)O. The van der Waals surface area contributed by atoms with Gasteiger partial charge in [-0.15, -0.1) is 11.8 Å². The summed E-state index contributed by atoms with van der Waals surface area (Å²) in [6.07, 6.45) is 0. The maximum Gasteiger partial charge on any atom is 0.327 e. The van der Waals surface area contributed by atoms with Gasteiger partial charge in [-0.25, -0.2) is 4.79 Å². The lowest BCUT2D eigenvalue weighted by molar-refractivity contribution is -0.141. The molecule has 1 amide bonds. The number of aryl methyl sites for hydroxylation is 2. The second-order valence-corrected chi connectivity index (χ2v) is 5.66. The molecule has 18 heavy (non-hydrogen) atoms. The number of thioether (sulfide) groups is 1. The molecule has 1 aromatic rings. The first kappa shape index (κ1) is 12.9. The maximum atomic E-state index is 12.5. The van der Waals surface area contributed by atoms with Gasteiger partial charge in [0.1, 0.15) is 6.04 Å². The zero-order valence-corrected chi connectivity index (χ0v) is 11.2. The zero-order valence-electron chi connectivity index (χ0n) is 10.4. The summed E-state index contributed by atoms with van der Waals surface area (Å²) in [4.78, 5) is 25.1. The van der Waals surface area contributed by atoms with E-state index in [9.17, 15) is 9.59 Å². The molecule has 1 aromatic heterocycles. The Morgan fingerprint density at radius 2 is 2.17 bits per heavy atom. The highest BCUT2D eigenvalue weighted by molar-refractivity contribution is 8.00. The van der Waals surface area contributed by atoms with Crippen LogP contribution in [0.1, 0.15) is 28.7 Å². The number of hydrogen-bond donors (Lipinski definition) is 2. The third-order valence-corrected chi connectivity index (χ3v) is 4.30. The number of carboxylic acid groups (broad SMARTS) is 1. The van der Waals surface area contributed by atoms with Crippen molar-refractivity contribution in [2.75, 3.05) is 5.75 Å². The molecule has 2 atom stereocenters. The van der Waals surface area contributed by atoms with E-state index >= 15 is 0 Å². The minimum atomic E-state index is -0.959. The molecular weight excluding hydrogens is 254 g/mol. The maximum absolute atomic E-state index is 12.5. The van der Waals surface area contributed by atoms with E-state index in [-0.39, 0.29) is 11.3 Å². The highest BCUT2D eigenvalue weighted by atomic mass is 32.2. The van der Waals surface area contributed by atoms with Crippen LogP contribution in [-0.4, -0.2) is 49.2 Å². The Hall–Kier alpha value is -1.50. The van der Waals surface area contributed by atoms with Gasteiger partial charge >= 0.3 is 5.97 Å². The van der Waals surface area contributed by atoms with Gasteiger partial charge < -0.3 is 10.0 Å². The second-order valence-electron chi connectivity index (χ2n) is 4.31. The summed E-state index contributed by atoms with van der Waals surface area (Å²) in [6, 6.07) is -0.758. The average Bonchev–Trinajstić information content (AvgIpc) is 2.82. The minimum absolute atomic E-state index is 0.132. The molecule has 7 heteroatoms. The Bertz CT molecular complexity index is 480. The van der Waals surface area contributed by atoms with Crippen LogP contribution in [0.4, 0.5) is 0 Å². The number of hydrogen-bond acceptors (Lipinski definition) is 4. The summed E-state index contributed by atoms with van der Waals surface area (Å²) in [7, 11) is 0. The van der Waals surface area contributed by atoms with E-state index in [1.165, 1.54) is 16.7 Å². The van der Waals surface area contributed by atoms with Gasteiger partial charge in [-0.2, -0.15) is 5.10 Å². The highest BCUT2D eigenvalue weighted by Gasteiger charge is 2.40. The van der Waals surface area contributed by atoms with Crippen molar-refractivity contribution in [3.8, 4) is 0 Å². The van der Waals surface area contributed by atoms with E-state index in [0.717, 1.165) is 0 Å². The molecule has 2 unspecified atom stereocenters. The van der Waals surface area contributed by atoms with Crippen molar-refractivity contribution in [3.05, 3.63) is 17.0 Å². The molecule has 0 saturated carbocycles. The topological polar surface area (TPSA) is 86.3 Å². The molecule has 6 nitrogen and oxygen atoms in total. The van der Waals surface area contributed by atoms with Gasteiger partial charge in [-0.3, -0.25) is 9.89 Å². The summed E-state index contributed by atoms with van der Waals surface area (Å²) < 4.78 is 0. The van der Waals surface area contributed by atoms with Crippen LogP contribution in [0.5, 0.6) is 0 Å². The lowest BCUT2D eigenvalue weighted by Gasteiger charge is -2.25. The lowest BCUT2D eigenvalue weighted by Crippen LogP contribution is -2.45. The summed E-state index contributed by atoms with van der Waals surface area (Å²) in [5.41, 5.74) is 1.76. The molecule has 2 rings (SSSR count). The van der Waals surface area contributed by atoms with E-state index in [0.29, 0.717) is 22.7 Å². The quantitative estimate of drug-likeness (QED) is 0.837. The Morgan fingerprint density at radius 1 is 1.50 bits per heavy atom. The van der Waals surface area contributed by atoms with Crippen molar-refractivity contribution in [1.82, 2.24) is 15.1 Å². The number of carbonyl (C=O) groups excluding carboxylic acids is 1. The van der Waals surface area contributed by atoms with Gasteiger partial charge in [0.05, 0.1) is 16.6 Å². The van der Waals surface area contributed by atoms with E-state index in [1.54, 1.807) is 13.8 Å². The van der Waals surface area contributed by atoms with Gasteiger partial charge in [-0.05, 0) is 20.8 Å². The Balaban J connectivity index is 2.35. The molecule has 2 N–H and O–H groups in total. The van der Waals surface area contributed by atoms with Crippen molar-refractivity contribution in [3.63, 3.8) is 0 Å². The number of nitrogens with zero attached hydrogens (tertiary/aromatic N) is 2. The van der Waals surface area contributed by atoms with E-state index in [1.807, 2.05) is 6.92 Å².